The van der Waals surface area contributed by atoms with Crippen molar-refractivity contribution in [3.05, 3.63) is 46.5 Å². The average molecular weight is 187 g/mol. The van der Waals surface area contributed by atoms with Crippen LogP contribution in [0, 0.1) is 6.92 Å². The zero-order valence-corrected chi connectivity index (χ0v) is 7.69. The Kier molecular flexibility index (Phi) is 2.10. The number of hydrogen-bond acceptors (Lipinski definition) is 3. The Hall–Kier alpha value is -1.97. The van der Waals surface area contributed by atoms with Crippen molar-refractivity contribution in [3.8, 4) is 11.3 Å². The summed E-state index contributed by atoms with van der Waals surface area (Å²) in [7, 11) is 0. The highest BCUT2D eigenvalue weighted by molar-refractivity contribution is 5.57. The van der Waals surface area contributed by atoms with Gasteiger partial charge >= 0.3 is 0 Å². The molecule has 0 radical (unpaired) electrons. The summed E-state index contributed by atoms with van der Waals surface area (Å²) in [5.41, 5.74) is 2.21. The molecule has 0 aliphatic carbocycles. The zero-order chi connectivity index (χ0) is 9.97. The van der Waals surface area contributed by atoms with Crippen LogP contribution >= 0.6 is 0 Å². The van der Waals surface area contributed by atoms with E-state index in [2.05, 4.69) is 15.2 Å². The highest BCUT2D eigenvalue weighted by atomic mass is 16.1. The van der Waals surface area contributed by atoms with E-state index >= 15 is 0 Å². The Labute approximate surface area is 80.6 Å². The first-order valence-corrected chi connectivity index (χ1v) is 4.25. The van der Waals surface area contributed by atoms with Gasteiger partial charge in [0.25, 0.3) is 0 Å². The topological polar surface area (TPSA) is 58.6 Å². The largest absolute Gasteiger partial charge is 0.329 e. The number of nitrogens with one attached hydrogen (secondary N) is 1. The Morgan fingerprint density at radius 3 is 2.71 bits per heavy atom. The molecule has 0 atom stereocenters. The molecule has 4 heteroatoms. The van der Waals surface area contributed by atoms with Crippen LogP contribution < -0.4 is 5.56 Å². The normalized spacial score (nSPS) is 10.1. The van der Waals surface area contributed by atoms with Crippen LogP contribution in [-0.2, 0) is 0 Å². The maximum atomic E-state index is 11.0. The average Bonchev–Trinajstić information content (AvgIpc) is 2.19. The van der Waals surface area contributed by atoms with Gasteiger partial charge in [-0.05, 0) is 25.1 Å². The molecule has 0 unspecified atom stereocenters. The van der Waals surface area contributed by atoms with Gasteiger partial charge in [0.2, 0.25) is 5.56 Å². The molecule has 0 bridgehead atoms. The van der Waals surface area contributed by atoms with Crippen LogP contribution in [0.1, 0.15) is 5.69 Å². The van der Waals surface area contributed by atoms with E-state index in [-0.39, 0.29) is 5.56 Å². The first-order valence-electron chi connectivity index (χ1n) is 4.25. The molecular formula is C10H9N3O. The van der Waals surface area contributed by atoms with Crippen molar-refractivity contribution in [3.63, 3.8) is 0 Å². The summed E-state index contributed by atoms with van der Waals surface area (Å²) in [4.78, 5) is 13.6. The summed E-state index contributed by atoms with van der Waals surface area (Å²) in [5, 5.41) is 7.91. The Bertz CT molecular complexity index is 487. The highest BCUT2D eigenvalue weighted by Gasteiger charge is 1.99. The van der Waals surface area contributed by atoms with Crippen LogP contribution in [0.3, 0.4) is 0 Å². The Balaban J connectivity index is 2.50. The molecule has 0 aliphatic rings. The monoisotopic (exact) mass is 187 g/mol. The van der Waals surface area contributed by atoms with Crippen LogP contribution in [0.4, 0.5) is 0 Å². The van der Waals surface area contributed by atoms with Gasteiger partial charge in [-0.25, -0.2) is 0 Å². The van der Waals surface area contributed by atoms with Crippen LogP contribution in [0.15, 0.2) is 35.3 Å². The Morgan fingerprint density at radius 1 is 1.21 bits per heavy atom. The molecule has 70 valence electrons. The smallest absolute Gasteiger partial charge is 0.248 e. The molecule has 14 heavy (non-hydrogen) atoms. The van der Waals surface area contributed by atoms with Crippen molar-refractivity contribution < 1.29 is 0 Å². The lowest BCUT2D eigenvalue weighted by molar-refractivity contribution is 0.986. The third-order valence-corrected chi connectivity index (χ3v) is 1.87. The van der Waals surface area contributed by atoms with Crippen molar-refractivity contribution in [2.75, 3.05) is 0 Å². The van der Waals surface area contributed by atoms with E-state index in [9.17, 15) is 4.79 Å². The fraction of sp³-hybridized carbons (Fsp3) is 0.100. The van der Waals surface area contributed by atoms with Crippen LogP contribution in [0.25, 0.3) is 11.3 Å². The van der Waals surface area contributed by atoms with E-state index in [4.69, 9.17) is 0 Å². The predicted octanol–water partition coefficient (Wildman–Crippen LogP) is 1.14. The van der Waals surface area contributed by atoms with Crippen molar-refractivity contribution in [2.45, 2.75) is 6.92 Å². The molecule has 2 rings (SSSR count). The minimum absolute atomic E-state index is 0.134. The minimum Gasteiger partial charge on any atom is -0.329 e. The number of rotatable bonds is 1. The fourth-order valence-electron chi connectivity index (χ4n) is 1.16. The zero-order valence-electron chi connectivity index (χ0n) is 7.69. The summed E-state index contributed by atoms with van der Waals surface area (Å²) >= 11 is 0. The van der Waals surface area contributed by atoms with E-state index in [1.54, 1.807) is 12.3 Å². The number of aromatic amines is 1. The number of nitrogens with zero attached hydrogens (tertiary/aromatic N) is 2. The van der Waals surface area contributed by atoms with Crippen molar-refractivity contribution in [1.82, 2.24) is 15.2 Å². The molecule has 0 saturated carbocycles. The van der Waals surface area contributed by atoms with Crippen molar-refractivity contribution >= 4 is 0 Å². The molecule has 2 aromatic heterocycles. The van der Waals surface area contributed by atoms with E-state index in [1.807, 2.05) is 19.1 Å². The number of H-pyrrole nitrogens is 1. The quantitative estimate of drug-likeness (QED) is 0.728. The highest BCUT2D eigenvalue weighted by Crippen LogP contribution is 2.12. The maximum absolute atomic E-state index is 11.0. The summed E-state index contributed by atoms with van der Waals surface area (Å²) < 4.78 is 0. The second-order valence-electron chi connectivity index (χ2n) is 3.00. The second kappa shape index (κ2) is 3.41. The summed E-state index contributed by atoms with van der Waals surface area (Å²) in [6.45, 7) is 1.87. The van der Waals surface area contributed by atoms with Gasteiger partial charge in [0.1, 0.15) is 0 Å². The Morgan fingerprint density at radius 2 is 2.07 bits per heavy atom. The van der Waals surface area contributed by atoms with E-state index < -0.39 is 0 Å². The minimum atomic E-state index is -0.134. The third-order valence-electron chi connectivity index (χ3n) is 1.87. The summed E-state index contributed by atoms with van der Waals surface area (Å²) in [6.07, 6.45) is 1.60. The molecule has 0 fully saturated rings. The molecule has 0 aromatic carbocycles. The molecule has 4 nitrogen and oxygen atoms in total. The predicted molar refractivity (Wildman–Crippen MR) is 52.8 cm³/mol. The maximum Gasteiger partial charge on any atom is 0.248 e. The first-order chi connectivity index (χ1) is 6.75. The summed E-state index contributed by atoms with van der Waals surface area (Å²) in [5.74, 6) is 0. The number of pyridine rings is 1. The van der Waals surface area contributed by atoms with Gasteiger partial charge in [-0.3, -0.25) is 4.79 Å². The van der Waals surface area contributed by atoms with Gasteiger partial charge in [-0.15, -0.1) is 0 Å². The lowest BCUT2D eigenvalue weighted by atomic mass is 10.2. The van der Waals surface area contributed by atoms with Gasteiger partial charge < -0.3 is 4.98 Å². The van der Waals surface area contributed by atoms with Crippen molar-refractivity contribution in [2.24, 2.45) is 0 Å². The molecule has 1 N–H and O–H groups in total. The van der Waals surface area contributed by atoms with Gasteiger partial charge in [-0.2, -0.15) is 10.2 Å². The van der Waals surface area contributed by atoms with Gasteiger partial charge in [-0.1, -0.05) is 0 Å². The summed E-state index contributed by atoms with van der Waals surface area (Å²) in [6, 6.07) is 7.00. The molecular weight excluding hydrogens is 178 g/mol. The van der Waals surface area contributed by atoms with E-state index in [0.29, 0.717) is 5.69 Å². The number of aryl methyl sites for hydroxylation is 1. The second-order valence-corrected chi connectivity index (χ2v) is 3.00. The fourth-order valence-corrected chi connectivity index (χ4v) is 1.16. The lowest BCUT2D eigenvalue weighted by Gasteiger charge is -1.98. The van der Waals surface area contributed by atoms with E-state index in [0.717, 1.165) is 11.3 Å². The standard InChI is InChI=1S/C10H9N3O/c1-7-2-3-9(13-12-7)8-4-5-11-10(14)6-8/h2-6H,1H3,(H,11,14). The molecule has 0 spiro atoms. The molecule has 0 aliphatic heterocycles. The molecule has 2 heterocycles. The van der Waals surface area contributed by atoms with Crippen LogP contribution in [0.2, 0.25) is 0 Å². The molecule has 2 aromatic rings. The van der Waals surface area contributed by atoms with Gasteiger partial charge in [0.05, 0.1) is 11.4 Å². The lowest BCUT2D eigenvalue weighted by Crippen LogP contribution is -2.02. The van der Waals surface area contributed by atoms with Crippen LogP contribution in [0.5, 0.6) is 0 Å². The number of aromatic nitrogens is 3. The first kappa shape index (κ1) is 8.62. The number of hydrogen-bond donors (Lipinski definition) is 1. The van der Waals surface area contributed by atoms with E-state index in [1.165, 1.54) is 6.07 Å². The molecule has 0 amide bonds. The van der Waals surface area contributed by atoms with Gasteiger partial charge in [0.15, 0.2) is 0 Å². The van der Waals surface area contributed by atoms with Crippen LogP contribution in [-0.4, -0.2) is 15.2 Å². The molecule has 0 saturated heterocycles. The van der Waals surface area contributed by atoms with Crippen molar-refractivity contribution in [1.29, 1.82) is 0 Å². The SMILES string of the molecule is Cc1ccc(-c2cc[nH]c(=O)c2)nn1. The van der Waals surface area contributed by atoms with Gasteiger partial charge in [0, 0.05) is 17.8 Å². The third kappa shape index (κ3) is 1.69.